The van der Waals surface area contributed by atoms with Crippen molar-refractivity contribution in [1.82, 2.24) is 9.97 Å². The van der Waals surface area contributed by atoms with Crippen molar-refractivity contribution in [1.29, 1.82) is 0 Å². The van der Waals surface area contributed by atoms with Gasteiger partial charge in [0.2, 0.25) is 0 Å². The zero-order chi connectivity index (χ0) is 10.7. The van der Waals surface area contributed by atoms with E-state index in [2.05, 4.69) is 37.5 Å². The van der Waals surface area contributed by atoms with Crippen LogP contribution < -0.4 is 4.90 Å². The molecule has 0 bridgehead atoms. The highest BCUT2D eigenvalue weighted by atomic mass is 127. The molecular formula is C10H14IN3O. The van der Waals surface area contributed by atoms with Crippen molar-refractivity contribution in [2.45, 2.75) is 25.3 Å². The topological polar surface area (TPSA) is 49.2 Å². The Morgan fingerprint density at radius 3 is 2.87 bits per heavy atom. The van der Waals surface area contributed by atoms with E-state index in [-0.39, 0.29) is 6.61 Å². The zero-order valence-electron chi connectivity index (χ0n) is 8.43. The molecule has 2 rings (SSSR count). The highest BCUT2D eigenvalue weighted by molar-refractivity contribution is 14.1. The molecule has 1 aromatic rings. The number of hydrogen-bond acceptors (Lipinski definition) is 4. The molecule has 1 aromatic heterocycles. The largest absolute Gasteiger partial charge is 0.395 e. The Balaban J connectivity index is 2.19. The van der Waals surface area contributed by atoms with Crippen LogP contribution in [0.3, 0.4) is 0 Å². The molecular weight excluding hydrogens is 305 g/mol. The van der Waals surface area contributed by atoms with Gasteiger partial charge < -0.3 is 10.0 Å². The van der Waals surface area contributed by atoms with Crippen molar-refractivity contribution in [3.8, 4) is 0 Å². The van der Waals surface area contributed by atoms with Gasteiger partial charge in [0.05, 0.1) is 10.2 Å². The molecule has 1 saturated carbocycles. The lowest BCUT2D eigenvalue weighted by Crippen LogP contribution is -2.42. The van der Waals surface area contributed by atoms with Crippen molar-refractivity contribution < 1.29 is 5.11 Å². The summed E-state index contributed by atoms with van der Waals surface area (Å²) in [5.41, 5.74) is 0. The molecule has 0 spiro atoms. The smallest absolute Gasteiger partial charge is 0.145 e. The van der Waals surface area contributed by atoms with Crippen LogP contribution in [-0.2, 0) is 0 Å². The van der Waals surface area contributed by atoms with E-state index in [1.54, 1.807) is 6.33 Å². The quantitative estimate of drug-likeness (QED) is 0.853. The first-order valence-electron chi connectivity index (χ1n) is 5.16. The van der Waals surface area contributed by atoms with Gasteiger partial charge >= 0.3 is 0 Å². The molecule has 0 atom stereocenters. The highest BCUT2D eigenvalue weighted by Crippen LogP contribution is 2.30. The van der Waals surface area contributed by atoms with E-state index in [4.69, 9.17) is 5.11 Å². The molecule has 1 aliphatic rings. The second-order valence-corrected chi connectivity index (χ2v) is 4.86. The first-order chi connectivity index (χ1) is 7.33. The number of aliphatic hydroxyl groups excluding tert-OH is 1. The number of rotatable bonds is 4. The molecule has 82 valence electrons. The maximum Gasteiger partial charge on any atom is 0.145 e. The number of aromatic nitrogens is 2. The summed E-state index contributed by atoms with van der Waals surface area (Å²) in [6.07, 6.45) is 7.08. The third-order valence-corrected chi connectivity index (χ3v) is 3.54. The van der Waals surface area contributed by atoms with Gasteiger partial charge in [-0.3, -0.25) is 0 Å². The SMILES string of the molecule is OCCN(c1ncncc1I)C1CCC1. The molecule has 0 aliphatic heterocycles. The first kappa shape index (κ1) is 11.1. The molecule has 0 aromatic carbocycles. The normalized spacial score (nSPS) is 16.1. The van der Waals surface area contributed by atoms with Gasteiger partial charge in [0.25, 0.3) is 0 Å². The van der Waals surface area contributed by atoms with Crippen molar-refractivity contribution in [3.05, 3.63) is 16.1 Å². The molecule has 0 amide bonds. The summed E-state index contributed by atoms with van der Waals surface area (Å²) in [5.74, 6) is 0.962. The standard InChI is InChI=1S/C10H14IN3O/c11-9-6-12-7-13-10(9)14(4-5-15)8-2-1-3-8/h6-8,15H,1-5H2. The molecule has 1 fully saturated rings. The van der Waals surface area contributed by atoms with E-state index in [9.17, 15) is 0 Å². The van der Waals surface area contributed by atoms with Crippen molar-refractivity contribution in [3.63, 3.8) is 0 Å². The number of hydrogen-bond donors (Lipinski definition) is 1. The highest BCUT2D eigenvalue weighted by Gasteiger charge is 2.26. The lowest BCUT2D eigenvalue weighted by atomic mass is 9.91. The monoisotopic (exact) mass is 319 g/mol. The third kappa shape index (κ3) is 2.39. The van der Waals surface area contributed by atoms with Gasteiger partial charge in [-0.1, -0.05) is 0 Å². The van der Waals surface area contributed by atoms with Gasteiger partial charge in [-0.25, -0.2) is 9.97 Å². The molecule has 0 saturated heterocycles. The van der Waals surface area contributed by atoms with Crippen LogP contribution in [0.2, 0.25) is 0 Å². The lowest BCUT2D eigenvalue weighted by Gasteiger charge is -2.38. The summed E-state index contributed by atoms with van der Waals surface area (Å²) >= 11 is 2.24. The maximum atomic E-state index is 9.07. The van der Waals surface area contributed by atoms with E-state index in [1.807, 2.05) is 6.20 Å². The van der Waals surface area contributed by atoms with Crippen LogP contribution in [0.5, 0.6) is 0 Å². The average molecular weight is 319 g/mol. The van der Waals surface area contributed by atoms with Crippen molar-refractivity contribution in [2.24, 2.45) is 0 Å². The van der Waals surface area contributed by atoms with Gasteiger partial charge in [-0.15, -0.1) is 0 Å². The zero-order valence-corrected chi connectivity index (χ0v) is 10.6. The molecule has 0 radical (unpaired) electrons. The fourth-order valence-corrected chi connectivity index (χ4v) is 2.39. The van der Waals surface area contributed by atoms with E-state index < -0.39 is 0 Å². The van der Waals surface area contributed by atoms with Gasteiger partial charge in [0.15, 0.2) is 0 Å². The second-order valence-electron chi connectivity index (χ2n) is 3.70. The van der Waals surface area contributed by atoms with Gasteiger partial charge in [-0.2, -0.15) is 0 Å². The number of halogens is 1. The number of aliphatic hydroxyl groups is 1. The molecule has 15 heavy (non-hydrogen) atoms. The summed E-state index contributed by atoms with van der Waals surface area (Å²) in [6.45, 7) is 0.842. The maximum absolute atomic E-state index is 9.07. The molecule has 1 heterocycles. The Morgan fingerprint density at radius 2 is 2.33 bits per heavy atom. The van der Waals surface area contributed by atoms with Crippen molar-refractivity contribution in [2.75, 3.05) is 18.1 Å². The van der Waals surface area contributed by atoms with E-state index >= 15 is 0 Å². The van der Waals surface area contributed by atoms with Gasteiger partial charge in [0.1, 0.15) is 12.1 Å². The minimum absolute atomic E-state index is 0.177. The summed E-state index contributed by atoms with van der Waals surface area (Å²) in [5, 5.41) is 9.07. The van der Waals surface area contributed by atoms with Crippen LogP contribution >= 0.6 is 22.6 Å². The molecule has 4 nitrogen and oxygen atoms in total. The fourth-order valence-electron chi connectivity index (χ4n) is 1.79. The van der Waals surface area contributed by atoms with Crippen LogP contribution in [0.1, 0.15) is 19.3 Å². The minimum Gasteiger partial charge on any atom is -0.395 e. The Morgan fingerprint density at radius 1 is 1.53 bits per heavy atom. The van der Waals surface area contributed by atoms with Crippen LogP contribution in [0.4, 0.5) is 5.82 Å². The Hall–Kier alpha value is -0.430. The molecule has 0 unspecified atom stereocenters. The predicted octanol–water partition coefficient (Wildman–Crippen LogP) is 1.43. The second kappa shape index (κ2) is 5.07. The third-order valence-electron chi connectivity index (χ3n) is 2.78. The van der Waals surface area contributed by atoms with Gasteiger partial charge in [0, 0.05) is 18.8 Å². The first-order valence-corrected chi connectivity index (χ1v) is 6.24. The average Bonchev–Trinajstić information content (AvgIpc) is 2.15. The van der Waals surface area contributed by atoms with E-state index in [0.29, 0.717) is 12.6 Å². The molecule has 1 aliphatic carbocycles. The van der Waals surface area contributed by atoms with Crippen LogP contribution in [-0.4, -0.2) is 34.3 Å². The van der Waals surface area contributed by atoms with Gasteiger partial charge in [-0.05, 0) is 41.9 Å². The summed E-state index contributed by atoms with van der Waals surface area (Å²) in [4.78, 5) is 10.5. The molecule has 5 heteroatoms. The summed E-state index contributed by atoms with van der Waals surface area (Å²) < 4.78 is 1.05. The Labute approximate surface area is 103 Å². The Kier molecular flexibility index (Phi) is 3.74. The number of nitrogens with zero attached hydrogens (tertiary/aromatic N) is 3. The van der Waals surface area contributed by atoms with Crippen LogP contribution in [0.15, 0.2) is 12.5 Å². The minimum atomic E-state index is 0.177. The van der Waals surface area contributed by atoms with Crippen LogP contribution in [0, 0.1) is 3.57 Å². The van der Waals surface area contributed by atoms with Crippen molar-refractivity contribution >= 4 is 28.4 Å². The van der Waals surface area contributed by atoms with Crippen LogP contribution in [0.25, 0.3) is 0 Å². The number of anilines is 1. The Bertz CT molecular complexity index is 330. The predicted molar refractivity (Wildman–Crippen MR) is 66.8 cm³/mol. The summed E-state index contributed by atoms with van der Waals surface area (Å²) in [7, 11) is 0. The summed E-state index contributed by atoms with van der Waals surface area (Å²) in [6, 6.07) is 0.556. The van der Waals surface area contributed by atoms with E-state index in [1.165, 1.54) is 19.3 Å². The lowest BCUT2D eigenvalue weighted by molar-refractivity contribution is 0.282. The molecule has 1 N–H and O–H groups in total. The fraction of sp³-hybridized carbons (Fsp3) is 0.600. The van der Waals surface area contributed by atoms with E-state index in [0.717, 1.165) is 9.39 Å².